The summed E-state index contributed by atoms with van der Waals surface area (Å²) in [7, 11) is 0. The number of ketones is 1. The molecule has 0 amide bonds. The van der Waals surface area contributed by atoms with Crippen LogP contribution in [0.15, 0.2) is 12.4 Å². The minimum absolute atomic E-state index is 0.254. The summed E-state index contributed by atoms with van der Waals surface area (Å²) in [6.45, 7) is 0. The second kappa shape index (κ2) is 3.74. The van der Waals surface area contributed by atoms with Crippen LogP contribution in [0.25, 0.3) is 0 Å². The molecule has 2 N–H and O–H groups in total. The third kappa shape index (κ3) is 1.89. The predicted octanol–water partition coefficient (Wildman–Crippen LogP) is 1.29. The summed E-state index contributed by atoms with van der Waals surface area (Å²) in [5, 5.41) is 0. The average molecular weight is 191 g/mol. The molecular weight excluding hydrogens is 178 g/mol. The Morgan fingerprint density at radius 1 is 1.36 bits per heavy atom. The molecule has 1 unspecified atom stereocenters. The number of hydrogen-bond donors (Lipinski definition) is 1. The van der Waals surface area contributed by atoms with Gasteiger partial charge in [-0.1, -0.05) is 0 Å². The van der Waals surface area contributed by atoms with Crippen molar-refractivity contribution in [3.8, 4) is 0 Å². The molecule has 1 aliphatic rings. The van der Waals surface area contributed by atoms with E-state index in [2.05, 4.69) is 9.97 Å². The third-order valence-corrected chi connectivity index (χ3v) is 2.59. The van der Waals surface area contributed by atoms with Crippen molar-refractivity contribution in [2.45, 2.75) is 31.6 Å². The summed E-state index contributed by atoms with van der Waals surface area (Å²) in [5.41, 5.74) is 6.34. The Morgan fingerprint density at radius 2 is 2.21 bits per heavy atom. The number of nitrogens with zero attached hydrogens (tertiary/aromatic N) is 2. The standard InChI is InChI=1S/C10H13N3O/c11-10-6-12-9(5-13-10)7-2-1-3-8(14)4-7/h5-7H,1-4H2,(H2,11,13). The lowest BCUT2D eigenvalue weighted by Crippen LogP contribution is -2.14. The second-order valence-electron chi connectivity index (χ2n) is 3.70. The van der Waals surface area contributed by atoms with Crippen LogP contribution in [0.3, 0.4) is 0 Å². The molecular formula is C10H13N3O. The monoisotopic (exact) mass is 191 g/mol. The zero-order valence-electron chi connectivity index (χ0n) is 7.94. The van der Waals surface area contributed by atoms with Crippen molar-refractivity contribution in [3.63, 3.8) is 0 Å². The van der Waals surface area contributed by atoms with Gasteiger partial charge in [0.2, 0.25) is 0 Å². The topological polar surface area (TPSA) is 68.9 Å². The van der Waals surface area contributed by atoms with Crippen LogP contribution >= 0.6 is 0 Å². The third-order valence-electron chi connectivity index (χ3n) is 2.59. The van der Waals surface area contributed by atoms with Crippen LogP contribution in [0.1, 0.15) is 37.3 Å². The Bertz CT molecular complexity index is 334. The summed E-state index contributed by atoms with van der Waals surface area (Å²) < 4.78 is 0. The van der Waals surface area contributed by atoms with Gasteiger partial charge in [0.05, 0.1) is 18.1 Å². The molecule has 74 valence electrons. The van der Waals surface area contributed by atoms with E-state index in [1.54, 1.807) is 12.4 Å². The lowest BCUT2D eigenvalue weighted by Gasteiger charge is -2.19. The van der Waals surface area contributed by atoms with E-state index in [4.69, 9.17) is 5.73 Å². The fourth-order valence-corrected chi connectivity index (χ4v) is 1.84. The van der Waals surface area contributed by atoms with Crippen molar-refractivity contribution in [1.82, 2.24) is 9.97 Å². The maximum Gasteiger partial charge on any atom is 0.141 e. The van der Waals surface area contributed by atoms with Crippen molar-refractivity contribution >= 4 is 11.6 Å². The number of rotatable bonds is 1. The summed E-state index contributed by atoms with van der Waals surface area (Å²) in [6, 6.07) is 0. The molecule has 2 rings (SSSR count). The number of carbonyl (C=O) groups excluding carboxylic acids is 1. The molecule has 1 aromatic rings. The molecule has 0 spiro atoms. The van der Waals surface area contributed by atoms with Gasteiger partial charge in [-0.25, -0.2) is 4.98 Å². The van der Waals surface area contributed by atoms with E-state index in [1.807, 2.05) is 0 Å². The van der Waals surface area contributed by atoms with Crippen LogP contribution in [0, 0.1) is 0 Å². The van der Waals surface area contributed by atoms with Crippen molar-refractivity contribution in [2.24, 2.45) is 0 Å². The van der Waals surface area contributed by atoms with Gasteiger partial charge in [-0.05, 0) is 12.8 Å². The zero-order valence-corrected chi connectivity index (χ0v) is 7.94. The van der Waals surface area contributed by atoms with E-state index in [0.717, 1.165) is 25.0 Å². The minimum atomic E-state index is 0.254. The molecule has 1 aromatic heterocycles. The van der Waals surface area contributed by atoms with Gasteiger partial charge < -0.3 is 5.73 Å². The maximum absolute atomic E-state index is 11.2. The first-order valence-corrected chi connectivity index (χ1v) is 4.85. The summed E-state index contributed by atoms with van der Waals surface area (Å²) in [4.78, 5) is 19.4. The van der Waals surface area contributed by atoms with Crippen LogP contribution in [-0.2, 0) is 4.79 Å². The van der Waals surface area contributed by atoms with Gasteiger partial charge >= 0.3 is 0 Å². The molecule has 0 aliphatic heterocycles. The Hall–Kier alpha value is -1.45. The van der Waals surface area contributed by atoms with Crippen molar-refractivity contribution in [2.75, 3.05) is 5.73 Å². The van der Waals surface area contributed by atoms with Crippen LogP contribution in [0.5, 0.6) is 0 Å². The molecule has 0 bridgehead atoms. The Morgan fingerprint density at radius 3 is 2.86 bits per heavy atom. The summed E-state index contributed by atoms with van der Waals surface area (Å²) in [5.74, 6) is 1.01. The number of nitrogens with two attached hydrogens (primary N) is 1. The highest BCUT2D eigenvalue weighted by atomic mass is 16.1. The molecule has 1 saturated carbocycles. The fraction of sp³-hybridized carbons (Fsp3) is 0.500. The molecule has 14 heavy (non-hydrogen) atoms. The van der Waals surface area contributed by atoms with Crippen LogP contribution in [0.2, 0.25) is 0 Å². The Kier molecular flexibility index (Phi) is 2.43. The second-order valence-corrected chi connectivity index (χ2v) is 3.70. The largest absolute Gasteiger partial charge is 0.382 e. The highest BCUT2D eigenvalue weighted by Gasteiger charge is 2.21. The minimum Gasteiger partial charge on any atom is -0.382 e. The zero-order chi connectivity index (χ0) is 9.97. The normalized spacial score (nSPS) is 22.3. The van der Waals surface area contributed by atoms with E-state index in [0.29, 0.717) is 18.0 Å². The van der Waals surface area contributed by atoms with E-state index < -0.39 is 0 Å². The van der Waals surface area contributed by atoms with E-state index in [1.165, 1.54) is 0 Å². The molecule has 0 radical (unpaired) electrons. The number of anilines is 1. The first-order valence-electron chi connectivity index (χ1n) is 4.85. The number of hydrogen-bond acceptors (Lipinski definition) is 4. The number of Topliss-reactive ketones (excluding diaryl/α,β-unsaturated/α-hetero) is 1. The number of carbonyl (C=O) groups is 1. The maximum atomic E-state index is 11.2. The lowest BCUT2D eigenvalue weighted by molar-refractivity contribution is -0.120. The van der Waals surface area contributed by atoms with Crippen molar-refractivity contribution in [1.29, 1.82) is 0 Å². The van der Waals surface area contributed by atoms with E-state index in [9.17, 15) is 4.79 Å². The molecule has 1 atom stereocenters. The highest BCUT2D eigenvalue weighted by Crippen LogP contribution is 2.29. The molecule has 4 nitrogen and oxygen atoms in total. The molecule has 0 saturated heterocycles. The van der Waals surface area contributed by atoms with Crippen LogP contribution < -0.4 is 5.73 Å². The van der Waals surface area contributed by atoms with Crippen LogP contribution in [0.4, 0.5) is 5.82 Å². The summed E-state index contributed by atoms with van der Waals surface area (Å²) >= 11 is 0. The first-order chi connectivity index (χ1) is 6.75. The van der Waals surface area contributed by atoms with E-state index in [-0.39, 0.29) is 5.92 Å². The fourth-order valence-electron chi connectivity index (χ4n) is 1.84. The van der Waals surface area contributed by atoms with Gasteiger partial charge in [0, 0.05) is 18.8 Å². The predicted molar refractivity (Wildman–Crippen MR) is 52.7 cm³/mol. The number of nitrogen functional groups attached to an aromatic ring is 1. The van der Waals surface area contributed by atoms with Crippen molar-refractivity contribution < 1.29 is 4.79 Å². The molecule has 1 heterocycles. The first kappa shape index (κ1) is 9.12. The Balaban J connectivity index is 2.14. The van der Waals surface area contributed by atoms with Gasteiger partial charge in [0.15, 0.2) is 0 Å². The SMILES string of the molecule is Nc1cnc(C2CCCC(=O)C2)cn1. The number of aromatic nitrogens is 2. The van der Waals surface area contributed by atoms with Gasteiger partial charge in [0.25, 0.3) is 0 Å². The van der Waals surface area contributed by atoms with Gasteiger partial charge in [0.1, 0.15) is 11.6 Å². The van der Waals surface area contributed by atoms with Gasteiger partial charge in [-0.3, -0.25) is 9.78 Å². The average Bonchev–Trinajstić information content (AvgIpc) is 2.19. The smallest absolute Gasteiger partial charge is 0.141 e. The van der Waals surface area contributed by atoms with E-state index >= 15 is 0 Å². The van der Waals surface area contributed by atoms with Gasteiger partial charge in [-0.2, -0.15) is 0 Å². The Labute approximate surface area is 82.6 Å². The molecule has 1 fully saturated rings. The van der Waals surface area contributed by atoms with Crippen molar-refractivity contribution in [3.05, 3.63) is 18.1 Å². The lowest BCUT2D eigenvalue weighted by atomic mass is 9.86. The highest BCUT2D eigenvalue weighted by molar-refractivity contribution is 5.79. The quantitative estimate of drug-likeness (QED) is 0.726. The molecule has 4 heteroatoms. The summed E-state index contributed by atoms with van der Waals surface area (Å²) in [6.07, 6.45) is 6.56. The molecule has 1 aliphatic carbocycles. The van der Waals surface area contributed by atoms with Gasteiger partial charge in [-0.15, -0.1) is 0 Å². The van der Waals surface area contributed by atoms with Crippen LogP contribution in [-0.4, -0.2) is 15.8 Å². The molecule has 0 aromatic carbocycles.